The first-order chi connectivity index (χ1) is 13.1. The minimum Gasteiger partial charge on any atom is -0.391 e. The number of aliphatic hydroxyl groups excluding tert-OH is 1. The fourth-order valence-corrected chi connectivity index (χ4v) is 6.34. The van der Waals surface area contributed by atoms with Gasteiger partial charge in [0, 0.05) is 37.0 Å². The van der Waals surface area contributed by atoms with Gasteiger partial charge in [0.25, 0.3) is 0 Å². The van der Waals surface area contributed by atoms with E-state index in [0.29, 0.717) is 0 Å². The third-order valence-corrected chi connectivity index (χ3v) is 7.72. The monoisotopic (exact) mass is 362 g/mol. The Morgan fingerprint density at radius 1 is 0.815 bits per heavy atom. The first-order valence-corrected chi connectivity index (χ1v) is 10.3. The van der Waals surface area contributed by atoms with Crippen LogP contribution in [-0.4, -0.2) is 52.9 Å². The van der Waals surface area contributed by atoms with Gasteiger partial charge in [-0.1, -0.05) is 74.0 Å². The summed E-state index contributed by atoms with van der Waals surface area (Å²) < 4.78 is 0. The zero-order valence-electron chi connectivity index (χ0n) is 16.4. The van der Waals surface area contributed by atoms with Gasteiger partial charge in [0.05, 0.1) is 11.8 Å². The maximum absolute atomic E-state index is 11.9. The van der Waals surface area contributed by atoms with Crippen molar-refractivity contribution in [2.45, 2.75) is 49.3 Å². The summed E-state index contributed by atoms with van der Waals surface area (Å²) in [4.78, 5) is 5.35. The lowest BCUT2D eigenvalue weighted by Crippen LogP contribution is -2.86. The van der Waals surface area contributed by atoms with Crippen molar-refractivity contribution in [3.63, 3.8) is 0 Å². The molecule has 6 rings (SSSR count). The fraction of sp³-hybridized carbons (Fsp3) is 0.500. The van der Waals surface area contributed by atoms with Crippen molar-refractivity contribution in [3.8, 4) is 0 Å². The molecule has 2 aromatic carbocycles. The molecule has 27 heavy (non-hydrogen) atoms. The molecule has 4 fully saturated rings. The summed E-state index contributed by atoms with van der Waals surface area (Å²) in [5, 5.41) is 11.9. The van der Waals surface area contributed by atoms with Gasteiger partial charge in [0.1, 0.15) is 0 Å². The molecule has 3 heteroatoms. The van der Waals surface area contributed by atoms with Crippen LogP contribution in [0.1, 0.15) is 37.8 Å². The van der Waals surface area contributed by atoms with Gasteiger partial charge in [-0.2, -0.15) is 0 Å². The number of aliphatic hydroxyl groups is 1. The van der Waals surface area contributed by atoms with Gasteiger partial charge in [0.15, 0.2) is 0 Å². The van der Waals surface area contributed by atoms with Crippen LogP contribution < -0.4 is 0 Å². The molecule has 0 aromatic heterocycles. The van der Waals surface area contributed by atoms with Crippen molar-refractivity contribution in [1.29, 1.82) is 0 Å². The summed E-state index contributed by atoms with van der Waals surface area (Å²) in [5.41, 5.74) is 2.23. The van der Waals surface area contributed by atoms with Gasteiger partial charge in [0.2, 0.25) is 0 Å². The molecule has 0 atom stereocenters. The number of rotatable bonds is 4. The fourth-order valence-electron chi connectivity index (χ4n) is 6.34. The molecule has 4 heterocycles. The van der Waals surface area contributed by atoms with E-state index in [4.69, 9.17) is 0 Å². The van der Waals surface area contributed by atoms with Gasteiger partial charge >= 0.3 is 0 Å². The van der Waals surface area contributed by atoms with Crippen molar-refractivity contribution in [3.05, 3.63) is 71.8 Å². The molecule has 4 aliphatic heterocycles. The minimum atomic E-state index is -0.367. The average Bonchev–Trinajstić information content (AvgIpc) is 2.69. The molecule has 2 aromatic rings. The number of nitrogens with zero attached hydrogens (tertiary/aromatic N) is 2. The smallest absolute Gasteiger partial charge is 0.0782 e. The number of piperidine rings is 2. The quantitative estimate of drug-likeness (QED) is 0.903. The van der Waals surface area contributed by atoms with E-state index in [9.17, 15) is 5.11 Å². The highest BCUT2D eigenvalue weighted by atomic mass is 16.3. The van der Waals surface area contributed by atoms with Gasteiger partial charge in [-0.3, -0.25) is 9.80 Å². The summed E-state index contributed by atoms with van der Waals surface area (Å²) in [6.07, 6.45) is 2.00. The Morgan fingerprint density at radius 3 is 1.59 bits per heavy atom. The third-order valence-electron chi connectivity index (χ3n) is 7.72. The largest absolute Gasteiger partial charge is 0.391 e. The van der Waals surface area contributed by atoms with Crippen LogP contribution in [0, 0.1) is 0 Å². The SMILES string of the molecule is CCCC1(C)N2CC3(c4ccccc4)CN1CC(c1ccccc1)(C2)C3O. The summed E-state index contributed by atoms with van der Waals surface area (Å²) in [7, 11) is 0. The lowest BCUT2D eigenvalue weighted by atomic mass is 9.53. The van der Waals surface area contributed by atoms with Crippen LogP contribution in [0.4, 0.5) is 0 Å². The summed E-state index contributed by atoms with van der Waals surface area (Å²) >= 11 is 0. The molecule has 4 saturated heterocycles. The molecule has 0 saturated carbocycles. The molecular formula is C24H30N2O. The Kier molecular flexibility index (Phi) is 3.81. The van der Waals surface area contributed by atoms with Gasteiger partial charge in [-0.05, 0) is 24.5 Å². The van der Waals surface area contributed by atoms with E-state index in [2.05, 4.69) is 84.3 Å². The maximum Gasteiger partial charge on any atom is 0.0782 e. The van der Waals surface area contributed by atoms with E-state index in [0.717, 1.165) is 26.2 Å². The second-order valence-corrected chi connectivity index (χ2v) is 9.13. The Labute approximate surface area is 162 Å². The molecule has 4 bridgehead atoms. The number of benzene rings is 2. The van der Waals surface area contributed by atoms with Crippen molar-refractivity contribution >= 4 is 0 Å². The van der Waals surface area contributed by atoms with Crippen molar-refractivity contribution in [1.82, 2.24) is 9.80 Å². The lowest BCUT2D eigenvalue weighted by Gasteiger charge is -2.73. The normalized spacial score (nSPS) is 42.4. The first kappa shape index (κ1) is 17.4. The molecule has 0 aliphatic carbocycles. The topological polar surface area (TPSA) is 26.7 Å². The van der Waals surface area contributed by atoms with E-state index in [1.807, 2.05) is 0 Å². The van der Waals surface area contributed by atoms with Crippen molar-refractivity contribution in [2.75, 3.05) is 26.2 Å². The van der Waals surface area contributed by atoms with E-state index in [1.54, 1.807) is 0 Å². The predicted molar refractivity (Wildman–Crippen MR) is 109 cm³/mol. The van der Waals surface area contributed by atoms with Crippen LogP contribution >= 0.6 is 0 Å². The third kappa shape index (κ3) is 2.19. The Hall–Kier alpha value is -1.68. The standard InChI is InChI=1S/C24H30N2O/c1-3-14-22(2)25-15-23(19-10-6-4-7-11-19)16-26(22)18-24(17-25,21(23)27)20-12-8-5-9-13-20/h4-13,21,27H,3,14-18H2,1-2H3. The van der Waals surface area contributed by atoms with Crippen molar-refractivity contribution in [2.24, 2.45) is 0 Å². The Balaban J connectivity index is 1.68. The summed E-state index contributed by atoms with van der Waals surface area (Å²) in [6.45, 7) is 8.48. The second-order valence-electron chi connectivity index (χ2n) is 9.13. The van der Waals surface area contributed by atoms with Gasteiger partial charge < -0.3 is 5.11 Å². The van der Waals surface area contributed by atoms with Crippen LogP contribution in [0.25, 0.3) is 0 Å². The molecule has 0 radical (unpaired) electrons. The molecule has 4 aliphatic rings. The highest BCUT2D eigenvalue weighted by Crippen LogP contribution is 2.56. The van der Waals surface area contributed by atoms with Crippen LogP contribution in [0.2, 0.25) is 0 Å². The Morgan fingerprint density at radius 2 is 1.22 bits per heavy atom. The Bertz CT molecular complexity index is 743. The molecular weight excluding hydrogens is 332 g/mol. The molecule has 0 unspecified atom stereocenters. The zero-order chi connectivity index (χ0) is 18.7. The zero-order valence-corrected chi connectivity index (χ0v) is 16.4. The van der Waals surface area contributed by atoms with Gasteiger partial charge in [-0.15, -0.1) is 0 Å². The van der Waals surface area contributed by atoms with Crippen LogP contribution in [0.3, 0.4) is 0 Å². The van der Waals surface area contributed by atoms with E-state index >= 15 is 0 Å². The van der Waals surface area contributed by atoms with Crippen LogP contribution in [0.5, 0.6) is 0 Å². The van der Waals surface area contributed by atoms with E-state index in [1.165, 1.54) is 24.0 Å². The van der Waals surface area contributed by atoms with Gasteiger partial charge in [-0.25, -0.2) is 0 Å². The molecule has 3 nitrogen and oxygen atoms in total. The average molecular weight is 363 g/mol. The maximum atomic E-state index is 11.9. The molecule has 142 valence electrons. The van der Waals surface area contributed by atoms with E-state index in [-0.39, 0.29) is 22.6 Å². The number of hydrogen-bond donors (Lipinski definition) is 1. The van der Waals surface area contributed by atoms with Crippen LogP contribution in [-0.2, 0) is 10.8 Å². The highest BCUT2D eigenvalue weighted by molar-refractivity contribution is 5.42. The minimum absolute atomic E-state index is 0.103. The lowest BCUT2D eigenvalue weighted by molar-refractivity contribution is -0.246. The summed E-state index contributed by atoms with van der Waals surface area (Å²) in [5.74, 6) is 0. The van der Waals surface area contributed by atoms with E-state index < -0.39 is 0 Å². The molecule has 0 amide bonds. The predicted octanol–water partition coefficient (Wildman–Crippen LogP) is 3.38. The van der Waals surface area contributed by atoms with Crippen LogP contribution in [0.15, 0.2) is 60.7 Å². The van der Waals surface area contributed by atoms with Crippen molar-refractivity contribution < 1.29 is 5.11 Å². The molecule has 0 spiro atoms. The first-order valence-electron chi connectivity index (χ1n) is 10.3. The molecule has 1 N–H and O–H groups in total. The summed E-state index contributed by atoms with van der Waals surface area (Å²) in [6, 6.07) is 21.5. The highest BCUT2D eigenvalue weighted by Gasteiger charge is 2.68. The number of hydrogen-bond acceptors (Lipinski definition) is 3. The second kappa shape index (κ2) is 5.91.